The van der Waals surface area contributed by atoms with E-state index in [1.54, 1.807) is 11.3 Å². The maximum Gasteiger partial charge on any atom is 0.255 e. The van der Waals surface area contributed by atoms with Crippen LogP contribution in [0, 0.1) is 0 Å². The van der Waals surface area contributed by atoms with E-state index < -0.39 is 0 Å². The number of anilines is 1. The molecule has 1 fully saturated rings. The minimum absolute atomic E-state index is 0.101. The summed E-state index contributed by atoms with van der Waals surface area (Å²) < 4.78 is 1.18. The molecule has 4 N–H and O–H groups in total. The smallest absolute Gasteiger partial charge is 0.255 e. The van der Waals surface area contributed by atoms with Crippen molar-refractivity contribution in [1.82, 2.24) is 15.3 Å². The predicted molar refractivity (Wildman–Crippen MR) is 108 cm³/mol. The first-order valence-electron chi connectivity index (χ1n) is 9.38. The van der Waals surface area contributed by atoms with Crippen LogP contribution >= 0.6 is 11.3 Å². The third-order valence-corrected chi connectivity index (χ3v) is 6.46. The van der Waals surface area contributed by atoms with E-state index >= 15 is 0 Å². The third kappa shape index (κ3) is 2.87. The number of carbonyl (C=O) groups excluding carboxylic acids is 1. The lowest BCUT2D eigenvalue weighted by molar-refractivity contribution is 0.0966. The van der Waals surface area contributed by atoms with E-state index in [1.807, 2.05) is 12.1 Å². The van der Waals surface area contributed by atoms with E-state index in [-0.39, 0.29) is 18.0 Å². The van der Waals surface area contributed by atoms with E-state index in [4.69, 9.17) is 10.7 Å². The summed E-state index contributed by atoms with van der Waals surface area (Å²) in [7, 11) is 0. The van der Waals surface area contributed by atoms with Gasteiger partial charge in [0.05, 0.1) is 23.5 Å². The molecule has 1 aliphatic carbocycles. The van der Waals surface area contributed by atoms with Gasteiger partial charge in [0.1, 0.15) is 0 Å². The average Bonchev–Trinajstić information content (AvgIpc) is 3.27. The third-order valence-electron chi connectivity index (χ3n) is 5.50. The van der Waals surface area contributed by atoms with Crippen molar-refractivity contribution in [3.05, 3.63) is 40.9 Å². The molecule has 3 heterocycles. The molecular formula is C20H21N5OS. The van der Waals surface area contributed by atoms with Crippen LogP contribution in [0.5, 0.6) is 0 Å². The molecule has 2 aromatic heterocycles. The first-order valence-corrected chi connectivity index (χ1v) is 10.3. The fourth-order valence-corrected chi connectivity index (χ4v) is 5.00. The standard InChI is InChI=1S/C20H21N5OS/c21-13-6-2-3-7-14(13)23-20-24-15-9-22-19(26)17(15)18(25-20)12-10-27-16-8-4-1-5-11(12)16/h1,4-5,8,10,13-14H,2-3,6-7,9,21H2,(H,22,26)(H,23,24,25)/t13-,14+/m0/s1. The molecule has 5 rings (SSSR count). The highest BCUT2D eigenvalue weighted by Gasteiger charge is 2.29. The molecule has 2 atom stereocenters. The van der Waals surface area contributed by atoms with Crippen molar-refractivity contribution in [2.24, 2.45) is 5.73 Å². The van der Waals surface area contributed by atoms with E-state index in [0.29, 0.717) is 23.8 Å². The summed E-state index contributed by atoms with van der Waals surface area (Å²) >= 11 is 1.66. The fourth-order valence-electron chi connectivity index (χ4n) is 4.05. The van der Waals surface area contributed by atoms with Crippen molar-refractivity contribution in [2.75, 3.05) is 5.32 Å². The zero-order valence-electron chi connectivity index (χ0n) is 14.9. The van der Waals surface area contributed by atoms with Gasteiger partial charge in [-0.25, -0.2) is 9.97 Å². The monoisotopic (exact) mass is 379 g/mol. The Hall–Kier alpha value is -2.51. The van der Waals surface area contributed by atoms with Gasteiger partial charge in [-0.1, -0.05) is 31.0 Å². The van der Waals surface area contributed by atoms with Gasteiger partial charge in [-0.3, -0.25) is 4.79 Å². The Morgan fingerprint density at radius 1 is 1.19 bits per heavy atom. The number of thiophene rings is 1. The number of rotatable bonds is 3. The first-order chi connectivity index (χ1) is 13.2. The summed E-state index contributed by atoms with van der Waals surface area (Å²) in [5.41, 5.74) is 9.33. The second kappa shape index (κ2) is 6.58. The highest BCUT2D eigenvalue weighted by atomic mass is 32.1. The molecule has 1 aliphatic heterocycles. The van der Waals surface area contributed by atoms with Crippen molar-refractivity contribution in [3.63, 3.8) is 0 Å². The molecule has 6 nitrogen and oxygen atoms in total. The lowest BCUT2D eigenvalue weighted by Gasteiger charge is -2.29. The Morgan fingerprint density at radius 3 is 2.93 bits per heavy atom. The van der Waals surface area contributed by atoms with Gasteiger partial charge in [0.15, 0.2) is 0 Å². The summed E-state index contributed by atoms with van der Waals surface area (Å²) in [6, 6.07) is 8.49. The zero-order valence-corrected chi connectivity index (χ0v) is 15.7. The van der Waals surface area contributed by atoms with Gasteiger partial charge < -0.3 is 16.4 Å². The summed E-state index contributed by atoms with van der Waals surface area (Å²) in [5.74, 6) is 0.467. The van der Waals surface area contributed by atoms with Gasteiger partial charge in [0.2, 0.25) is 5.95 Å². The van der Waals surface area contributed by atoms with Gasteiger partial charge in [-0.15, -0.1) is 11.3 Å². The van der Waals surface area contributed by atoms with Crippen molar-refractivity contribution >= 4 is 33.3 Å². The van der Waals surface area contributed by atoms with Crippen LogP contribution in [0.2, 0.25) is 0 Å². The molecule has 7 heteroatoms. The van der Waals surface area contributed by atoms with E-state index in [1.165, 1.54) is 17.5 Å². The minimum Gasteiger partial charge on any atom is -0.350 e. The Bertz CT molecular complexity index is 1030. The molecule has 0 radical (unpaired) electrons. The number of nitrogens with two attached hydrogens (primary N) is 1. The number of carbonyl (C=O) groups is 1. The molecule has 1 aromatic carbocycles. The van der Waals surface area contributed by atoms with Crippen LogP contribution in [-0.2, 0) is 6.54 Å². The molecule has 0 saturated heterocycles. The Balaban J connectivity index is 1.61. The van der Waals surface area contributed by atoms with Crippen molar-refractivity contribution in [3.8, 4) is 11.3 Å². The number of hydrogen-bond acceptors (Lipinski definition) is 6. The quantitative estimate of drug-likeness (QED) is 0.649. The SMILES string of the molecule is N[C@H]1CCCC[C@H]1Nc1nc2c(c(-c3csc4ccccc34)n1)C(=O)NC2. The highest BCUT2D eigenvalue weighted by molar-refractivity contribution is 7.17. The van der Waals surface area contributed by atoms with Gasteiger partial charge >= 0.3 is 0 Å². The summed E-state index contributed by atoms with van der Waals surface area (Å²) in [4.78, 5) is 21.9. The predicted octanol–water partition coefficient (Wildman–Crippen LogP) is 3.28. The van der Waals surface area contributed by atoms with Crippen LogP contribution in [0.25, 0.3) is 21.3 Å². The summed E-state index contributed by atoms with van der Waals surface area (Å²) in [6.07, 6.45) is 4.38. The topological polar surface area (TPSA) is 92.9 Å². The summed E-state index contributed by atoms with van der Waals surface area (Å²) in [5, 5.41) is 9.52. The van der Waals surface area contributed by atoms with Gasteiger partial charge in [-0.05, 0) is 18.9 Å². The molecule has 1 amide bonds. The Kier molecular flexibility index (Phi) is 4.06. The summed E-state index contributed by atoms with van der Waals surface area (Å²) in [6.45, 7) is 0.442. The molecule has 1 saturated carbocycles. The lowest BCUT2D eigenvalue weighted by atomic mass is 9.91. The number of nitrogens with zero attached hydrogens (tertiary/aromatic N) is 2. The molecule has 0 unspecified atom stereocenters. The number of benzene rings is 1. The van der Waals surface area contributed by atoms with Gasteiger partial charge in [0, 0.05) is 33.1 Å². The maximum atomic E-state index is 12.4. The van der Waals surface area contributed by atoms with E-state index in [0.717, 1.165) is 29.5 Å². The second-order valence-corrected chi connectivity index (χ2v) is 8.16. The number of aromatic nitrogens is 2. The Morgan fingerprint density at radius 2 is 2.04 bits per heavy atom. The largest absolute Gasteiger partial charge is 0.350 e. The van der Waals surface area contributed by atoms with Crippen LogP contribution in [0.1, 0.15) is 41.7 Å². The van der Waals surface area contributed by atoms with Crippen LogP contribution in [-0.4, -0.2) is 28.0 Å². The molecule has 0 bridgehead atoms. The van der Waals surface area contributed by atoms with Crippen LogP contribution in [0.3, 0.4) is 0 Å². The number of hydrogen-bond donors (Lipinski definition) is 3. The van der Waals surface area contributed by atoms with Crippen LogP contribution in [0.15, 0.2) is 29.6 Å². The lowest BCUT2D eigenvalue weighted by Crippen LogP contribution is -2.43. The molecule has 138 valence electrons. The Labute approximate surface area is 161 Å². The van der Waals surface area contributed by atoms with Crippen molar-refractivity contribution in [1.29, 1.82) is 0 Å². The van der Waals surface area contributed by atoms with Crippen molar-refractivity contribution in [2.45, 2.75) is 44.3 Å². The minimum atomic E-state index is -0.101. The molecule has 2 aliphatic rings. The van der Waals surface area contributed by atoms with Crippen LogP contribution in [0.4, 0.5) is 5.95 Å². The van der Waals surface area contributed by atoms with Crippen molar-refractivity contribution < 1.29 is 4.79 Å². The first kappa shape index (κ1) is 16.6. The maximum absolute atomic E-state index is 12.4. The van der Waals surface area contributed by atoms with E-state index in [9.17, 15) is 4.79 Å². The number of amides is 1. The zero-order chi connectivity index (χ0) is 18.4. The molecule has 0 spiro atoms. The molecule has 27 heavy (non-hydrogen) atoms. The number of nitrogens with one attached hydrogen (secondary N) is 2. The highest BCUT2D eigenvalue weighted by Crippen LogP contribution is 2.37. The normalized spacial score (nSPS) is 21.9. The van der Waals surface area contributed by atoms with Gasteiger partial charge in [-0.2, -0.15) is 0 Å². The molecular weight excluding hydrogens is 358 g/mol. The average molecular weight is 379 g/mol. The van der Waals surface area contributed by atoms with E-state index in [2.05, 4.69) is 33.1 Å². The van der Waals surface area contributed by atoms with Crippen LogP contribution < -0.4 is 16.4 Å². The fraction of sp³-hybridized carbons (Fsp3) is 0.350. The second-order valence-electron chi connectivity index (χ2n) is 7.24. The van der Waals surface area contributed by atoms with Gasteiger partial charge in [0.25, 0.3) is 5.91 Å². The molecule has 3 aromatic rings. The number of fused-ring (bicyclic) bond motifs is 2.